The third-order valence-corrected chi connectivity index (χ3v) is 0.319. The molecule has 0 saturated carbocycles. The van der Waals surface area contributed by atoms with Crippen LogP contribution in [-0.4, -0.2) is 21.0 Å². The molecule has 7 heavy (non-hydrogen) atoms. The van der Waals surface area contributed by atoms with Crippen molar-refractivity contribution in [2.75, 3.05) is 21.0 Å². The van der Waals surface area contributed by atoms with Crippen molar-refractivity contribution in [3.05, 3.63) is 0 Å². The highest BCUT2D eigenvalue weighted by molar-refractivity contribution is 3.84. The van der Waals surface area contributed by atoms with Gasteiger partial charge in [0.25, 0.3) is 0 Å². The lowest BCUT2D eigenvalue weighted by Gasteiger charge is -1.98. The molecular weight excluding hydrogens is 98.0 g/mol. The second kappa shape index (κ2) is 5.84. The first-order valence-corrected chi connectivity index (χ1v) is 1.80. The molecule has 4 heteroatoms. The molecule has 0 atom stereocenters. The summed E-state index contributed by atoms with van der Waals surface area (Å²) in [6.45, 7) is 0.188. The van der Waals surface area contributed by atoms with Crippen LogP contribution in [0, 0.1) is 0 Å². The molecule has 0 spiro atoms. The predicted octanol–water partition coefficient (Wildman–Crippen LogP) is -0.327. The summed E-state index contributed by atoms with van der Waals surface area (Å²) in [6, 6.07) is 0. The fourth-order valence-electron chi connectivity index (χ4n) is 0.142. The summed E-state index contributed by atoms with van der Waals surface area (Å²) in [7, 11) is 2.98. The summed E-state index contributed by atoms with van der Waals surface area (Å²) in [6.07, 6.45) is 0. The first-order valence-electron chi connectivity index (χ1n) is 1.80. The van der Waals surface area contributed by atoms with Crippen molar-refractivity contribution in [3.63, 3.8) is 0 Å². The molecule has 0 rings (SSSR count). The van der Waals surface area contributed by atoms with Crippen LogP contribution in [0.3, 0.4) is 0 Å². The number of methoxy groups -OCH3 is 1. The summed E-state index contributed by atoms with van der Waals surface area (Å²) in [4.78, 5) is 8.73. The van der Waals surface area contributed by atoms with Gasteiger partial charge in [-0.05, 0) is 0 Å². The van der Waals surface area contributed by atoms with Gasteiger partial charge < -0.3 is 4.74 Å². The minimum Gasteiger partial charge on any atom is -0.357 e. The van der Waals surface area contributed by atoms with Crippen LogP contribution in [0.5, 0.6) is 0 Å². The molecule has 0 aromatic heterocycles. The summed E-state index contributed by atoms with van der Waals surface area (Å²) < 4.78 is 4.48. The SMILES string of the molecule is COCONOC. The van der Waals surface area contributed by atoms with E-state index in [2.05, 4.69) is 20.1 Å². The van der Waals surface area contributed by atoms with E-state index in [9.17, 15) is 0 Å². The molecule has 1 N–H and O–H groups in total. The van der Waals surface area contributed by atoms with E-state index in [1.165, 1.54) is 14.2 Å². The number of rotatable bonds is 4. The lowest BCUT2D eigenvalue weighted by Crippen LogP contribution is -2.13. The predicted molar refractivity (Wildman–Crippen MR) is 23.1 cm³/mol. The maximum absolute atomic E-state index is 4.48. The van der Waals surface area contributed by atoms with Crippen molar-refractivity contribution in [2.24, 2.45) is 0 Å². The summed E-state index contributed by atoms with van der Waals surface area (Å²) in [5.41, 5.74) is 2.12. The van der Waals surface area contributed by atoms with Crippen molar-refractivity contribution in [1.82, 2.24) is 5.64 Å². The van der Waals surface area contributed by atoms with Crippen molar-refractivity contribution in [3.8, 4) is 0 Å². The van der Waals surface area contributed by atoms with E-state index < -0.39 is 0 Å². The Morgan fingerprint density at radius 3 is 2.57 bits per heavy atom. The molecular formula is C3H9NO3. The Labute approximate surface area is 42.3 Å². The topological polar surface area (TPSA) is 39.7 Å². The molecule has 0 aliphatic rings. The molecule has 0 saturated heterocycles. The zero-order valence-corrected chi connectivity index (χ0v) is 4.43. The van der Waals surface area contributed by atoms with Gasteiger partial charge >= 0.3 is 0 Å². The lowest BCUT2D eigenvalue weighted by atomic mass is 11.4. The molecule has 0 aliphatic carbocycles. The average molecular weight is 107 g/mol. The molecule has 0 amide bonds. The maximum atomic E-state index is 4.48. The number of hydrogen-bond donors (Lipinski definition) is 1. The molecule has 44 valence electrons. The van der Waals surface area contributed by atoms with Crippen molar-refractivity contribution < 1.29 is 14.4 Å². The van der Waals surface area contributed by atoms with Crippen LogP contribution < -0.4 is 5.64 Å². The van der Waals surface area contributed by atoms with E-state index in [0.29, 0.717) is 0 Å². The minimum atomic E-state index is 0.188. The zero-order chi connectivity index (χ0) is 5.54. The highest BCUT2D eigenvalue weighted by Gasteiger charge is 1.75. The number of ether oxygens (including phenoxy) is 1. The quantitative estimate of drug-likeness (QED) is 0.303. The maximum Gasteiger partial charge on any atom is 0.169 e. The third kappa shape index (κ3) is 5.84. The summed E-state index contributed by atoms with van der Waals surface area (Å²) in [5, 5.41) is 0. The van der Waals surface area contributed by atoms with Gasteiger partial charge in [0.05, 0.1) is 7.11 Å². The molecule has 0 heterocycles. The van der Waals surface area contributed by atoms with Gasteiger partial charge in [-0.2, -0.15) is 0 Å². The van der Waals surface area contributed by atoms with E-state index >= 15 is 0 Å². The van der Waals surface area contributed by atoms with Gasteiger partial charge in [0.15, 0.2) is 6.79 Å². The van der Waals surface area contributed by atoms with Crippen LogP contribution in [0.1, 0.15) is 0 Å². The fourth-order valence-corrected chi connectivity index (χ4v) is 0.142. The number of nitrogens with one attached hydrogen (secondary N) is 1. The highest BCUT2D eigenvalue weighted by Crippen LogP contribution is 1.64. The van der Waals surface area contributed by atoms with Crippen LogP contribution in [-0.2, 0) is 14.4 Å². The largest absolute Gasteiger partial charge is 0.357 e. The van der Waals surface area contributed by atoms with Crippen molar-refractivity contribution >= 4 is 0 Å². The van der Waals surface area contributed by atoms with Gasteiger partial charge in [0.1, 0.15) is 0 Å². The molecule has 0 bridgehead atoms. The lowest BCUT2D eigenvalue weighted by molar-refractivity contribution is -0.200. The van der Waals surface area contributed by atoms with E-state index in [1.807, 2.05) is 0 Å². The van der Waals surface area contributed by atoms with Crippen LogP contribution in [0.25, 0.3) is 0 Å². The Morgan fingerprint density at radius 2 is 2.14 bits per heavy atom. The van der Waals surface area contributed by atoms with Crippen molar-refractivity contribution in [1.29, 1.82) is 0 Å². The molecule has 0 aromatic rings. The van der Waals surface area contributed by atoms with Crippen LogP contribution >= 0.6 is 0 Å². The normalized spacial score (nSPS) is 9.43. The van der Waals surface area contributed by atoms with Gasteiger partial charge in [-0.1, -0.05) is 5.64 Å². The van der Waals surface area contributed by atoms with Crippen LogP contribution in [0.2, 0.25) is 0 Å². The highest BCUT2D eigenvalue weighted by atomic mass is 16.9. The van der Waals surface area contributed by atoms with Crippen molar-refractivity contribution in [2.45, 2.75) is 0 Å². The van der Waals surface area contributed by atoms with Gasteiger partial charge in [-0.25, -0.2) is 4.84 Å². The molecule has 0 aromatic carbocycles. The minimum absolute atomic E-state index is 0.188. The zero-order valence-electron chi connectivity index (χ0n) is 4.43. The second-order valence-electron chi connectivity index (χ2n) is 0.838. The van der Waals surface area contributed by atoms with Crippen LogP contribution in [0.15, 0.2) is 0 Å². The van der Waals surface area contributed by atoms with E-state index in [1.54, 1.807) is 0 Å². The first kappa shape index (κ1) is 6.84. The molecule has 0 radical (unpaired) electrons. The molecule has 0 unspecified atom stereocenters. The Balaban J connectivity index is 2.45. The van der Waals surface area contributed by atoms with Gasteiger partial charge in [0, 0.05) is 7.11 Å². The van der Waals surface area contributed by atoms with Gasteiger partial charge in [-0.3, -0.25) is 4.84 Å². The monoisotopic (exact) mass is 107 g/mol. The average Bonchev–Trinajstić information content (AvgIpc) is 1.69. The van der Waals surface area contributed by atoms with Crippen LogP contribution in [0.4, 0.5) is 0 Å². The standard InChI is InChI=1S/C3H9NO3/c1-5-3-7-4-6-2/h4H,3H2,1-2H3. The molecule has 0 aliphatic heterocycles. The number of hydrogen-bond acceptors (Lipinski definition) is 4. The van der Waals surface area contributed by atoms with Gasteiger partial charge in [0.2, 0.25) is 0 Å². The Morgan fingerprint density at radius 1 is 1.43 bits per heavy atom. The van der Waals surface area contributed by atoms with E-state index in [4.69, 9.17) is 0 Å². The van der Waals surface area contributed by atoms with E-state index in [0.717, 1.165) is 0 Å². The molecule has 4 nitrogen and oxygen atoms in total. The summed E-state index contributed by atoms with van der Waals surface area (Å²) in [5.74, 6) is 0. The Bertz CT molecular complexity index is 29.4. The Kier molecular flexibility index (Phi) is 5.71. The summed E-state index contributed by atoms with van der Waals surface area (Å²) >= 11 is 0. The first-order chi connectivity index (χ1) is 3.41. The van der Waals surface area contributed by atoms with E-state index in [-0.39, 0.29) is 6.79 Å². The van der Waals surface area contributed by atoms with Gasteiger partial charge in [-0.15, -0.1) is 0 Å². The fraction of sp³-hybridized carbons (Fsp3) is 1.00. The Hall–Kier alpha value is -0.160. The second-order valence-corrected chi connectivity index (χ2v) is 0.838. The molecule has 0 fully saturated rings. The smallest absolute Gasteiger partial charge is 0.169 e. The third-order valence-electron chi connectivity index (χ3n) is 0.319.